The Hall–Kier alpha value is -0.440. The first-order chi connectivity index (χ1) is 6.25. The van der Waals surface area contributed by atoms with Crippen molar-refractivity contribution in [3.8, 4) is 0 Å². The molecule has 1 rings (SSSR count). The molecule has 0 aromatic rings. The molecule has 74 valence electrons. The molecule has 0 N–H and O–H groups in total. The number of hydrogen-bond donors (Lipinski definition) is 1. The van der Waals surface area contributed by atoms with Gasteiger partial charge >= 0.3 is 0 Å². The monoisotopic (exact) mass is 199 g/mol. The molecule has 13 heavy (non-hydrogen) atoms. The lowest BCUT2D eigenvalue weighted by Gasteiger charge is -2.32. The largest absolute Gasteiger partial charge is 0.327 e. The van der Waals surface area contributed by atoms with E-state index >= 15 is 0 Å². The number of hydrogen-bond acceptors (Lipinski definition) is 1. The summed E-state index contributed by atoms with van der Waals surface area (Å²) in [5.41, 5.74) is 0. The molecule has 0 aromatic heterocycles. The molecule has 0 saturated heterocycles. The molecule has 3 heteroatoms. The zero-order valence-electron chi connectivity index (χ0n) is 7.91. The average Bonchev–Trinajstić information content (AvgIpc) is 2.15. The van der Waals surface area contributed by atoms with Crippen LogP contribution in [0, 0.1) is 0 Å². The van der Waals surface area contributed by atoms with Crippen LogP contribution in [0.1, 0.15) is 32.1 Å². The summed E-state index contributed by atoms with van der Waals surface area (Å²) in [6.45, 7) is 4.28. The fourth-order valence-corrected chi connectivity index (χ4v) is 2.16. The number of thiol groups is 1. The highest BCUT2D eigenvalue weighted by Gasteiger charge is 2.22. The predicted octanol–water partition coefficient (Wildman–Crippen LogP) is 2.86. The number of nitrogens with zero attached hydrogens (tertiary/aromatic N) is 1. The van der Waals surface area contributed by atoms with E-state index < -0.39 is 0 Å². The van der Waals surface area contributed by atoms with Crippen LogP contribution in [0.4, 0.5) is 4.79 Å². The number of amides is 1. The highest BCUT2D eigenvalue weighted by molar-refractivity contribution is 7.96. The summed E-state index contributed by atoms with van der Waals surface area (Å²) >= 11 is 3.88. The van der Waals surface area contributed by atoms with Gasteiger partial charge in [0.2, 0.25) is 0 Å². The smallest absolute Gasteiger partial charge is 0.279 e. The van der Waals surface area contributed by atoms with Crippen LogP contribution in [0.2, 0.25) is 0 Å². The first-order valence-corrected chi connectivity index (χ1v) is 5.31. The third kappa shape index (κ3) is 3.07. The zero-order valence-corrected chi connectivity index (χ0v) is 8.80. The number of carbonyl (C=O) groups excluding carboxylic acids is 1. The van der Waals surface area contributed by atoms with Crippen molar-refractivity contribution in [1.82, 2.24) is 4.90 Å². The van der Waals surface area contributed by atoms with Crippen molar-refractivity contribution < 1.29 is 4.79 Å². The SMILES string of the molecule is C=CCN(C(=O)S)C1CCCCC1. The quantitative estimate of drug-likeness (QED) is 0.547. The molecule has 1 aliphatic rings. The van der Waals surface area contributed by atoms with Gasteiger partial charge in [-0.05, 0) is 12.8 Å². The van der Waals surface area contributed by atoms with Gasteiger partial charge in [0, 0.05) is 12.6 Å². The molecule has 0 aliphatic heterocycles. The molecule has 0 unspecified atom stereocenters. The van der Waals surface area contributed by atoms with Crippen molar-refractivity contribution in [2.45, 2.75) is 38.1 Å². The lowest BCUT2D eigenvalue weighted by atomic mass is 9.94. The normalized spacial score (nSPS) is 18.2. The van der Waals surface area contributed by atoms with Crippen molar-refractivity contribution in [3.05, 3.63) is 12.7 Å². The molecule has 1 fully saturated rings. The Morgan fingerprint density at radius 3 is 2.54 bits per heavy atom. The third-order valence-corrected chi connectivity index (χ3v) is 2.84. The maximum atomic E-state index is 11.2. The van der Waals surface area contributed by atoms with Gasteiger partial charge in [0.25, 0.3) is 5.24 Å². The van der Waals surface area contributed by atoms with E-state index in [4.69, 9.17) is 0 Å². The summed E-state index contributed by atoms with van der Waals surface area (Å²) < 4.78 is 0. The summed E-state index contributed by atoms with van der Waals surface area (Å²) in [6, 6.07) is 0.400. The minimum Gasteiger partial charge on any atom is -0.327 e. The van der Waals surface area contributed by atoms with Gasteiger partial charge in [0.1, 0.15) is 0 Å². The van der Waals surface area contributed by atoms with Crippen LogP contribution in [0.3, 0.4) is 0 Å². The average molecular weight is 199 g/mol. The van der Waals surface area contributed by atoms with E-state index in [0.29, 0.717) is 12.6 Å². The van der Waals surface area contributed by atoms with Crippen molar-refractivity contribution >= 4 is 17.9 Å². The maximum Gasteiger partial charge on any atom is 0.279 e. The molecule has 1 amide bonds. The van der Waals surface area contributed by atoms with Gasteiger partial charge in [-0.15, -0.1) is 6.58 Å². The summed E-state index contributed by atoms with van der Waals surface area (Å²) in [5.74, 6) is 0. The van der Waals surface area contributed by atoms with E-state index in [1.54, 1.807) is 6.08 Å². The van der Waals surface area contributed by atoms with Crippen molar-refractivity contribution in [2.75, 3.05) is 6.54 Å². The van der Waals surface area contributed by atoms with Crippen LogP contribution in [0.5, 0.6) is 0 Å². The topological polar surface area (TPSA) is 20.3 Å². The van der Waals surface area contributed by atoms with Crippen molar-refractivity contribution in [2.24, 2.45) is 0 Å². The van der Waals surface area contributed by atoms with E-state index in [2.05, 4.69) is 19.2 Å². The van der Waals surface area contributed by atoms with Gasteiger partial charge in [-0.25, -0.2) is 0 Å². The Kier molecular flexibility index (Phi) is 4.36. The van der Waals surface area contributed by atoms with E-state index in [1.165, 1.54) is 19.3 Å². The summed E-state index contributed by atoms with van der Waals surface area (Å²) in [4.78, 5) is 13.0. The summed E-state index contributed by atoms with van der Waals surface area (Å²) in [5, 5.41) is -0.119. The Labute approximate surface area is 85.4 Å². The fraction of sp³-hybridized carbons (Fsp3) is 0.700. The predicted molar refractivity (Wildman–Crippen MR) is 58.2 cm³/mol. The van der Waals surface area contributed by atoms with Crippen molar-refractivity contribution in [3.63, 3.8) is 0 Å². The summed E-state index contributed by atoms with van der Waals surface area (Å²) in [6.07, 6.45) is 7.79. The van der Waals surface area contributed by atoms with E-state index in [0.717, 1.165) is 12.8 Å². The van der Waals surface area contributed by atoms with E-state index in [1.807, 2.05) is 4.90 Å². The molecule has 2 nitrogen and oxygen atoms in total. The van der Waals surface area contributed by atoms with Gasteiger partial charge in [-0.1, -0.05) is 38.0 Å². The molecular weight excluding hydrogens is 182 g/mol. The highest BCUT2D eigenvalue weighted by Crippen LogP contribution is 2.23. The zero-order chi connectivity index (χ0) is 9.68. The lowest BCUT2D eigenvalue weighted by molar-refractivity contribution is 0.187. The summed E-state index contributed by atoms with van der Waals surface area (Å²) in [7, 11) is 0. The Bertz CT molecular complexity index is 187. The van der Waals surface area contributed by atoms with E-state index in [-0.39, 0.29) is 5.24 Å². The molecule has 0 aromatic carbocycles. The van der Waals surface area contributed by atoms with E-state index in [9.17, 15) is 4.79 Å². The van der Waals surface area contributed by atoms with Crippen LogP contribution < -0.4 is 0 Å². The van der Waals surface area contributed by atoms with Gasteiger partial charge in [0.05, 0.1) is 0 Å². The van der Waals surface area contributed by atoms with Crippen LogP contribution in [0.15, 0.2) is 12.7 Å². The first-order valence-electron chi connectivity index (χ1n) is 4.86. The second-order valence-corrected chi connectivity index (χ2v) is 3.90. The molecule has 1 aliphatic carbocycles. The third-order valence-electron chi connectivity index (χ3n) is 2.59. The Balaban J connectivity index is 2.51. The van der Waals surface area contributed by atoms with Crippen LogP contribution >= 0.6 is 12.6 Å². The van der Waals surface area contributed by atoms with Gasteiger partial charge < -0.3 is 4.90 Å². The first kappa shape index (κ1) is 10.6. The van der Waals surface area contributed by atoms with Gasteiger partial charge in [0.15, 0.2) is 0 Å². The Morgan fingerprint density at radius 1 is 1.46 bits per heavy atom. The molecule has 1 saturated carbocycles. The van der Waals surface area contributed by atoms with Crippen LogP contribution in [-0.2, 0) is 0 Å². The minimum absolute atomic E-state index is 0.119. The molecule has 0 heterocycles. The highest BCUT2D eigenvalue weighted by atomic mass is 32.1. The van der Waals surface area contributed by atoms with Crippen LogP contribution in [0.25, 0.3) is 0 Å². The molecule has 0 spiro atoms. The lowest BCUT2D eigenvalue weighted by Crippen LogP contribution is -2.38. The second-order valence-electron chi connectivity index (χ2n) is 3.52. The van der Waals surface area contributed by atoms with Crippen LogP contribution in [-0.4, -0.2) is 22.7 Å². The minimum atomic E-state index is -0.119. The number of carbonyl (C=O) groups is 1. The fourth-order valence-electron chi connectivity index (χ4n) is 1.92. The Morgan fingerprint density at radius 2 is 2.08 bits per heavy atom. The standard InChI is InChI=1S/C10H17NOS/c1-2-8-11(10(12)13)9-6-4-3-5-7-9/h2,9H,1,3-8H2,(H,12,13). The number of rotatable bonds is 3. The molecular formula is C10H17NOS. The second kappa shape index (κ2) is 5.32. The van der Waals surface area contributed by atoms with Gasteiger partial charge in [-0.3, -0.25) is 4.79 Å². The molecule has 0 bridgehead atoms. The molecule has 0 atom stereocenters. The maximum absolute atomic E-state index is 11.2. The van der Waals surface area contributed by atoms with Crippen molar-refractivity contribution in [1.29, 1.82) is 0 Å². The molecule has 0 radical (unpaired) electrons. The van der Waals surface area contributed by atoms with Gasteiger partial charge in [-0.2, -0.15) is 0 Å².